The molecule has 172 valence electrons. The van der Waals surface area contributed by atoms with Crippen LogP contribution in [0, 0.1) is 0 Å². The quantitative estimate of drug-likeness (QED) is 0.194. The van der Waals surface area contributed by atoms with Crippen LogP contribution in [0.1, 0.15) is 81.9 Å². The Balaban J connectivity index is 1.76. The highest BCUT2D eigenvalue weighted by Crippen LogP contribution is 2.34. The second-order valence-electron chi connectivity index (χ2n) is 9.46. The Morgan fingerprint density at radius 1 is 0.636 bits per heavy atom. The van der Waals surface area contributed by atoms with Gasteiger partial charge in [0, 0.05) is 16.5 Å². The van der Waals surface area contributed by atoms with E-state index in [1.165, 1.54) is 103 Å². The Bertz CT molecular complexity index is 1120. The third-order valence-electron chi connectivity index (χ3n) is 6.92. The normalized spacial score (nSPS) is 11.5. The first kappa shape index (κ1) is 23.4. The van der Waals surface area contributed by atoms with Gasteiger partial charge in [0.25, 0.3) is 0 Å². The van der Waals surface area contributed by atoms with E-state index in [9.17, 15) is 0 Å². The number of benzene rings is 3. The third-order valence-corrected chi connectivity index (χ3v) is 6.92. The number of nitrogens with zero attached hydrogens (tertiary/aromatic N) is 1. The van der Waals surface area contributed by atoms with Crippen LogP contribution in [0.25, 0.3) is 33.6 Å². The van der Waals surface area contributed by atoms with Crippen LogP contribution < -0.4 is 0 Å². The van der Waals surface area contributed by atoms with Crippen molar-refractivity contribution in [3.05, 3.63) is 83.9 Å². The van der Waals surface area contributed by atoms with Gasteiger partial charge in [0.05, 0.1) is 11.0 Å². The van der Waals surface area contributed by atoms with E-state index < -0.39 is 0 Å². The van der Waals surface area contributed by atoms with Gasteiger partial charge in [0.2, 0.25) is 0 Å². The van der Waals surface area contributed by atoms with Gasteiger partial charge in [-0.25, -0.2) is 0 Å². The topological polar surface area (TPSA) is 4.93 Å². The van der Waals surface area contributed by atoms with Crippen LogP contribution in [0.5, 0.6) is 0 Å². The van der Waals surface area contributed by atoms with E-state index in [2.05, 4.69) is 85.7 Å². The van der Waals surface area contributed by atoms with Gasteiger partial charge in [-0.1, -0.05) is 89.3 Å². The Labute approximate surface area is 200 Å². The van der Waals surface area contributed by atoms with Crippen LogP contribution in [-0.4, -0.2) is 4.57 Å². The smallest absolute Gasteiger partial charge is 0.0541 e. The van der Waals surface area contributed by atoms with Gasteiger partial charge in [0.15, 0.2) is 0 Å². The summed E-state index contributed by atoms with van der Waals surface area (Å²) in [5, 5.41) is 2.78. The molecule has 0 aliphatic heterocycles. The summed E-state index contributed by atoms with van der Waals surface area (Å²) in [7, 11) is 0. The maximum absolute atomic E-state index is 3.91. The number of aromatic nitrogens is 1. The van der Waals surface area contributed by atoms with E-state index in [0.29, 0.717) is 0 Å². The standard InChI is InChI=1S/C32H39N/c1-4-7-9-11-13-26-17-21-31-29(23-26)30-24-27(14-12-10-8-5-2)18-22-32(30)33(31)28-19-15-25(6-3)16-20-28/h6,15-24H,3-5,7-14H2,1-2H3. The summed E-state index contributed by atoms with van der Waals surface area (Å²) in [5.41, 5.74) is 7.91. The van der Waals surface area contributed by atoms with Crippen LogP contribution in [-0.2, 0) is 12.8 Å². The second kappa shape index (κ2) is 11.4. The molecule has 0 unspecified atom stereocenters. The van der Waals surface area contributed by atoms with Gasteiger partial charge in [-0.05, 0) is 78.8 Å². The maximum atomic E-state index is 3.91. The predicted molar refractivity (Wildman–Crippen MR) is 147 cm³/mol. The van der Waals surface area contributed by atoms with E-state index >= 15 is 0 Å². The molecule has 0 bridgehead atoms. The highest BCUT2D eigenvalue weighted by atomic mass is 15.0. The lowest BCUT2D eigenvalue weighted by molar-refractivity contribution is 0.667. The Hall–Kier alpha value is -2.80. The summed E-state index contributed by atoms with van der Waals surface area (Å²) >= 11 is 0. The molecule has 1 heterocycles. The van der Waals surface area contributed by atoms with Crippen molar-refractivity contribution in [3.8, 4) is 5.69 Å². The van der Waals surface area contributed by atoms with Crippen molar-refractivity contribution in [3.63, 3.8) is 0 Å². The zero-order valence-electron chi connectivity index (χ0n) is 20.6. The lowest BCUT2D eigenvalue weighted by atomic mass is 10.0. The fraction of sp³-hybridized carbons (Fsp3) is 0.375. The molecule has 1 aromatic heterocycles. The molecule has 0 fully saturated rings. The fourth-order valence-electron chi connectivity index (χ4n) is 4.98. The number of aryl methyl sites for hydroxylation is 2. The van der Waals surface area contributed by atoms with Gasteiger partial charge >= 0.3 is 0 Å². The van der Waals surface area contributed by atoms with Gasteiger partial charge in [-0.2, -0.15) is 0 Å². The lowest BCUT2D eigenvalue weighted by Gasteiger charge is -2.09. The number of fused-ring (bicyclic) bond motifs is 3. The molecule has 0 radical (unpaired) electrons. The zero-order chi connectivity index (χ0) is 23.0. The van der Waals surface area contributed by atoms with E-state index in [0.717, 1.165) is 5.56 Å². The monoisotopic (exact) mass is 437 g/mol. The molecule has 0 amide bonds. The average Bonchev–Trinajstić information content (AvgIpc) is 3.17. The van der Waals surface area contributed by atoms with E-state index in [1.54, 1.807) is 0 Å². The van der Waals surface area contributed by atoms with Crippen LogP contribution in [0.2, 0.25) is 0 Å². The minimum atomic E-state index is 1.16. The SMILES string of the molecule is C=Cc1ccc(-n2c3ccc(CCCCCC)cc3c3cc(CCCCCC)ccc32)cc1. The molecule has 1 nitrogen and oxygen atoms in total. The van der Waals surface area contributed by atoms with Gasteiger partial charge in [0.1, 0.15) is 0 Å². The highest BCUT2D eigenvalue weighted by Gasteiger charge is 2.13. The van der Waals surface area contributed by atoms with Gasteiger partial charge in [-0.15, -0.1) is 0 Å². The first-order valence-corrected chi connectivity index (χ1v) is 13.0. The first-order valence-electron chi connectivity index (χ1n) is 13.0. The molecule has 0 aliphatic carbocycles. The summed E-state index contributed by atoms with van der Waals surface area (Å²) in [6, 6.07) is 23.0. The summed E-state index contributed by atoms with van der Waals surface area (Å²) in [4.78, 5) is 0. The molecule has 3 aromatic carbocycles. The molecule has 0 saturated carbocycles. The number of unbranched alkanes of at least 4 members (excludes halogenated alkanes) is 6. The van der Waals surface area contributed by atoms with E-state index in [-0.39, 0.29) is 0 Å². The molecule has 0 atom stereocenters. The molecule has 1 heteroatoms. The summed E-state index contributed by atoms with van der Waals surface area (Å²) in [5.74, 6) is 0. The lowest BCUT2D eigenvalue weighted by Crippen LogP contribution is -1.94. The Morgan fingerprint density at radius 2 is 1.15 bits per heavy atom. The second-order valence-corrected chi connectivity index (χ2v) is 9.46. The van der Waals surface area contributed by atoms with Crippen molar-refractivity contribution >= 4 is 27.9 Å². The molecule has 0 saturated heterocycles. The predicted octanol–water partition coefficient (Wildman–Crippen LogP) is 9.67. The number of hydrogen-bond donors (Lipinski definition) is 0. The van der Waals surface area contributed by atoms with Crippen molar-refractivity contribution in [1.82, 2.24) is 4.57 Å². The fourth-order valence-corrected chi connectivity index (χ4v) is 4.98. The first-order chi connectivity index (χ1) is 16.2. The maximum Gasteiger partial charge on any atom is 0.0541 e. The molecule has 0 aliphatic rings. The zero-order valence-corrected chi connectivity index (χ0v) is 20.6. The van der Waals surface area contributed by atoms with E-state index in [4.69, 9.17) is 0 Å². The molecule has 4 aromatic rings. The van der Waals surface area contributed by atoms with Crippen molar-refractivity contribution in [2.45, 2.75) is 78.1 Å². The summed E-state index contributed by atoms with van der Waals surface area (Å²) < 4.78 is 2.43. The van der Waals surface area contributed by atoms with E-state index in [1.807, 2.05) is 6.08 Å². The molecule has 0 spiro atoms. The molecular formula is C32H39N. The van der Waals surface area contributed by atoms with Crippen LogP contribution in [0.4, 0.5) is 0 Å². The third kappa shape index (κ3) is 5.41. The van der Waals surface area contributed by atoms with Crippen LogP contribution >= 0.6 is 0 Å². The number of hydrogen-bond acceptors (Lipinski definition) is 0. The molecule has 33 heavy (non-hydrogen) atoms. The van der Waals surface area contributed by atoms with Crippen molar-refractivity contribution in [2.24, 2.45) is 0 Å². The molecular weight excluding hydrogens is 398 g/mol. The summed E-state index contributed by atoms with van der Waals surface area (Å²) in [6.45, 7) is 8.47. The van der Waals surface area contributed by atoms with Crippen LogP contribution in [0.3, 0.4) is 0 Å². The van der Waals surface area contributed by atoms with Gasteiger partial charge in [-0.3, -0.25) is 0 Å². The van der Waals surface area contributed by atoms with Crippen molar-refractivity contribution in [2.75, 3.05) is 0 Å². The van der Waals surface area contributed by atoms with Crippen molar-refractivity contribution in [1.29, 1.82) is 0 Å². The number of rotatable bonds is 12. The largest absolute Gasteiger partial charge is 0.309 e. The van der Waals surface area contributed by atoms with Crippen molar-refractivity contribution < 1.29 is 0 Å². The summed E-state index contributed by atoms with van der Waals surface area (Å²) in [6.07, 6.45) is 14.7. The Kier molecular flexibility index (Phi) is 8.05. The van der Waals surface area contributed by atoms with Crippen LogP contribution in [0.15, 0.2) is 67.2 Å². The van der Waals surface area contributed by atoms with Gasteiger partial charge < -0.3 is 4.57 Å². The molecule has 4 rings (SSSR count). The average molecular weight is 438 g/mol. The minimum absolute atomic E-state index is 1.16. The molecule has 0 N–H and O–H groups in total. The highest BCUT2D eigenvalue weighted by molar-refractivity contribution is 6.09. The Morgan fingerprint density at radius 3 is 1.61 bits per heavy atom. The minimum Gasteiger partial charge on any atom is -0.309 e.